The second kappa shape index (κ2) is 4.82. The molecule has 0 saturated carbocycles. The number of fused-ring (bicyclic) bond motifs is 1. The van der Waals surface area contributed by atoms with Crippen LogP contribution in [0.4, 0.5) is 4.39 Å². The van der Waals surface area contributed by atoms with Crippen molar-refractivity contribution < 1.29 is 4.39 Å². The Balaban J connectivity index is 2.21. The minimum Gasteiger partial charge on any atom is -0.330 e. The van der Waals surface area contributed by atoms with Crippen molar-refractivity contribution in [3.05, 3.63) is 60.2 Å². The summed E-state index contributed by atoms with van der Waals surface area (Å²) in [7, 11) is 0. The van der Waals surface area contributed by atoms with Crippen LogP contribution in [0.15, 0.2) is 48.8 Å². The van der Waals surface area contributed by atoms with Crippen molar-refractivity contribution in [3.63, 3.8) is 0 Å². The molecule has 0 amide bonds. The third-order valence-electron chi connectivity index (χ3n) is 3.17. The Morgan fingerprint density at radius 1 is 1.16 bits per heavy atom. The molecule has 3 nitrogen and oxygen atoms in total. The number of hydrogen-bond donors (Lipinski definition) is 1. The smallest absolute Gasteiger partial charge is 0.123 e. The van der Waals surface area contributed by atoms with Gasteiger partial charge in [0.25, 0.3) is 0 Å². The minimum atomic E-state index is -0.239. The largest absolute Gasteiger partial charge is 0.330 e. The first-order chi connectivity index (χ1) is 9.29. The van der Waals surface area contributed by atoms with E-state index in [-0.39, 0.29) is 5.82 Å². The number of para-hydroxylation sites is 2. The van der Waals surface area contributed by atoms with Gasteiger partial charge in [-0.05, 0) is 48.9 Å². The van der Waals surface area contributed by atoms with Crippen LogP contribution in [0.25, 0.3) is 16.7 Å². The molecule has 96 valence electrons. The van der Waals surface area contributed by atoms with Crippen LogP contribution in [0.2, 0.25) is 0 Å². The van der Waals surface area contributed by atoms with Crippen molar-refractivity contribution in [1.29, 1.82) is 0 Å². The lowest BCUT2D eigenvalue weighted by molar-refractivity contribution is 0.624. The highest BCUT2D eigenvalue weighted by molar-refractivity contribution is 5.77. The summed E-state index contributed by atoms with van der Waals surface area (Å²) in [6.07, 6.45) is 2.40. The fourth-order valence-electron chi connectivity index (χ4n) is 2.30. The molecule has 0 aliphatic carbocycles. The Kier molecular flexibility index (Phi) is 3.01. The third-order valence-corrected chi connectivity index (χ3v) is 3.17. The van der Waals surface area contributed by atoms with E-state index in [9.17, 15) is 4.39 Å². The molecule has 0 saturated heterocycles. The van der Waals surface area contributed by atoms with E-state index in [2.05, 4.69) is 4.98 Å². The second-order valence-corrected chi connectivity index (χ2v) is 4.41. The summed E-state index contributed by atoms with van der Waals surface area (Å²) in [6.45, 7) is 0.489. The fraction of sp³-hybridized carbons (Fsp3) is 0.133. The topological polar surface area (TPSA) is 43.8 Å². The van der Waals surface area contributed by atoms with Crippen LogP contribution in [0.3, 0.4) is 0 Å². The van der Waals surface area contributed by atoms with E-state index in [1.54, 1.807) is 12.4 Å². The van der Waals surface area contributed by atoms with E-state index < -0.39 is 0 Å². The highest BCUT2D eigenvalue weighted by Gasteiger charge is 2.09. The summed E-state index contributed by atoms with van der Waals surface area (Å²) in [6, 6.07) is 12.6. The molecule has 0 spiro atoms. The molecule has 0 aliphatic rings. The summed E-state index contributed by atoms with van der Waals surface area (Å²) < 4.78 is 15.3. The van der Waals surface area contributed by atoms with Crippen molar-refractivity contribution in [2.75, 3.05) is 6.54 Å². The maximum Gasteiger partial charge on any atom is 0.123 e. The number of nitrogens with zero attached hydrogens (tertiary/aromatic N) is 2. The first kappa shape index (κ1) is 11.9. The van der Waals surface area contributed by atoms with E-state index >= 15 is 0 Å². The lowest BCUT2D eigenvalue weighted by Crippen LogP contribution is -2.07. The molecule has 3 rings (SSSR count). The summed E-state index contributed by atoms with van der Waals surface area (Å²) >= 11 is 0. The first-order valence-corrected chi connectivity index (χ1v) is 6.20. The molecule has 0 atom stereocenters. The third kappa shape index (κ3) is 2.11. The number of aromatic nitrogens is 2. The van der Waals surface area contributed by atoms with Gasteiger partial charge in [0.1, 0.15) is 12.1 Å². The fourth-order valence-corrected chi connectivity index (χ4v) is 2.30. The van der Waals surface area contributed by atoms with Gasteiger partial charge in [-0.1, -0.05) is 12.1 Å². The van der Waals surface area contributed by atoms with Crippen LogP contribution in [0.5, 0.6) is 0 Å². The SMILES string of the molecule is NCCc1cc(F)ccc1-n1cnc2ccccc21. The van der Waals surface area contributed by atoms with Crippen LogP contribution >= 0.6 is 0 Å². The number of nitrogens with two attached hydrogens (primary N) is 1. The Morgan fingerprint density at radius 2 is 2.00 bits per heavy atom. The Labute approximate surface area is 110 Å². The van der Waals surface area contributed by atoms with E-state index in [0.717, 1.165) is 22.3 Å². The highest BCUT2D eigenvalue weighted by Crippen LogP contribution is 2.22. The quantitative estimate of drug-likeness (QED) is 0.782. The van der Waals surface area contributed by atoms with Crippen LogP contribution in [0.1, 0.15) is 5.56 Å². The molecule has 4 heteroatoms. The Hall–Kier alpha value is -2.20. The molecular weight excluding hydrogens is 241 g/mol. The molecule has 1 heterocycles. The van der Waals surface area contributed by atoms with Crippen molar-refractivity contribution in [2.24, 2.45) is 5.73 Å². The average Bonchev–Trinajstić information content (AvgIpc) is 2.83. The average molecular weight is 255 g/mol. The Bertz CT molecular complexity index is 718. The van der Waals surface area contributed by atoms with E-state index in [1.165, 1.54) is 12.1 Å². The Morgan fingerprint density at radius 3 is 2.84 bits per heavy atom. The minimum absolute atomic E-state index is 0.239. The summed E-state index contributed by atoms with van der Waals surface area (Å²) in [4.78, 5) is 4.36. The van der Waals surface area contributed by atoms with E-state index in [1.807, 2.05) is 28.8 Å². The van der Waals surface area contributed by atoms with Gasteiger partial charge in [-0.2, -0.15) is 0 Å². The molecule has 19 heavy (non-hydrogen) atoms. The molecule has 0 bridgehead atoms. The predicted octanol–water partition coefficient (Wildman–Crippen LogP) is 2.67. The molecule has 2 N–H and O–H groups in total. The number of hydrogen-bond acceptors (Lipinski definition) is 2. The predicted molar refractivity (Wildman–Crippen MR) is 73.8 cm³/mol. The van der Waals surface area contributed by atoms with Crippen LogP contribution in [0, 0.1) is 5.82 Å². The van der Waals surface area contributed by atoms with Crippen LogP contribution in [-0.2, 0) is 6.42 Å². The molecule has 0 radical (unpaired) electrons. The number of imidazole rings is 1. The first-order valence-electron chi connectivity index (χ1n) is 6.20. The van der Waals surface area contributed by atoms with Gasteiger partial charge in [0.2, 0.25) is 0 Å². The monoisotopic (exact) mass is 255 g/mol. The lowest BCUT2D eigenvalue weighted by Gasteiger charge is -2.10. The van der Waals surface area contributed by atoms with Gasteiger partial charge in [0.15, 0.2) is 0 Å². The number of halogens is 1. The summed E-state index contributed by atoms with van der Waals surface area (Å²) in [5.41, 5.74) is 9.35. The van der Waals surface area contributed by atoms with Gasteiger partial charge >= 0.3 is 0 Å². The van der Waals surface area contributed by atoms with Gasteiger partial charge in [-0.25, -0.2) is 9.37 Å². The lowest BCUT2D eigenvalue weighted by atomic mass is 10.1. The van der Waals surface area contributed by atoms with Crippen molar-refractivity contribution in [2.45, 2.75) is 6.42 Å². The zero-order valence-corrected chi connectivity index (χ0v) is 10.4. The zero-order chi connectivity index (χ0) is 13.2. The van der Waals surface area contributed by atoms with Gasteiger partial charge in [-0.15, -0.1) is 0 Å². The van der Waals surface area contributed by atoms with Gasteiger partial charge < -0.3 is 5.73 Å². The van der Waals surface area contributed by atoms with E-state index in [4.69, 9.17) is 5.73 Å². The van der Waals surface area contributed by atoms with Gasteiger partial charge in [0, 0.05) is 0 Å². The molecule has 0 fully saturated rings. The highest BCUT2D eigenvalue weighted by atomic mass is 19.1. The number of rotatable bonds is 3. The maximum absolute atomic E-state index is 13.4. The standard InChI is InChI=1S/C15H14FN3/c16-12-5-6-14(11(9-12)7-8-17)19-10-18-13-3-1-2-4-15(13)19/h1-6,9-10H,7-8,17H2. The molecule has 0 unspecified atom stereocenters. The van der Waals surface area contributed by atoms with Crippen LogP contribution in [-0.4, -0.2) is 16.1 Å². The van der Waals surface area contributed by atoms with Crippen molar-refractivity contribution in [1.82, 2.24) is 9.55 Å². The van der Waals surface area contributed by atoms with Crippen molar-refractivity contribution >= 4 is 11.0 Å². The second-order valence-electron chi connectivity index (χ2n) is 4.41. The normalized spacial score (nSPS) is 11.1. The molecule has 3 aromatic rings. The molecular formula is C15H14FN3. The molecule has 1 aromatic heterocycles. The number of benzene rings is 2. The van der Waals surface area contributed by atoms with Gasteiger partial charge in [-0.3, -0.25) is 4.57 Å². The summed E-state index contributed by atoms with van der Waals surface area (Å²) in [5.74, 6) is -0.239. The zero-order valence-electron chi connectivity index (χ0n) is 10.4. The van der Waals surface area contributed by atoms with Gasteiger partial charge in [0.05, 0.1) is 16.7 Å². The molecule has 0 aliphatic heterocycles. The van der Waals surface area contributed by atoms with E-state index in [0.29, 0.717) is 13.0 Å². The summed E-state index contributed by atoms with van der Waals surface area (Å²) in [5, 5.41) is 0. The van der Waals surface area contributed by atoms with Crippen LogP contribution < -0.4 is 5.73 Å². The molecule has 2 aromatic carbocycles. The maximum atomic E-state index is 13.4. The van der Waals surface area contributed by atoms with Crippen molar-refractivity contribution in [3.8, 4) is 5.69 Å².